The van der Waals surface area contributed by atoms with Crippen molar-refractivity contribution in [3.8, 4) is 5.75 Å². The maximum atomic E-state index is 12.3. The van der Waals surface area contributed by atoms with E-state index in [0.717, 1.165) is 43.1 Å². The van der Waals surface area contributed by atoms with Crippen LogP contribution in [0.2, 0.25) is 0 Å². The Bertz CT molecular complexity index is 873. The number of carbonyl (C=O) groups is 1. The fraction of sp³-hybridized carbons (Fsp3) is 0.462. The van der Waals surface area contributed by atoms with E-state index in [0.29, 0.717) is 11.1 Å². The summed E-state index contributed by atoms with van der Waals surface area (Å²) in [6, 6.07) is 17.0. The summed E-state index contributed by atoms with van der Waals surface area (Å²) >= 11 is 0. The van der Waals surface area contributed by atoms with Gasteiger partial charge in [0.25, 0.3) is 0 Å². The van der Waals surface area contributed by atoms with Crippen LogP contribution in [0, 0.1) is 5.41 Å². The van der Waals surface area contributed by atoms with E-state index in [9.17, 15) is 4.79 Å². The third-order valence-electron chi connectivity index (χ3n) is 6.03. The van der Waals surface area contributed by atoms with Gasteiger partial charge in [-0.05, 0) is 48.1 Å². The molecule has 1 heterocycles. The van der Waals surface area contributed by atoms with Crippen molar-refractivity contribution in [2.45, 2.75) is 46.0 Å². The number of ether oxygens (including phenoxy) is 1. The summed E-state index contributed by atoms with van der Waals surface area (Å²) in [5.74, 6) is 0.723. The highest BCUT2D eigenvalue weighted by molar-refractivity contribution is 6.00. The fourth-order valence-corrected chi connectivity index (χ4v) is 4.61. The van der Waals surface area contributed by atoms with Gasteiger partial charge >= 0.3 is 6.09 Å². The molecule has 1 aliphatic heterocycles. The summed E-state index contributed by atoms with van der Waals surface area (Å²) in [6.45, 7) is 7.75. The molecule has 7 heteroatoms. The number of nitrogens with zero attached hydrogens (tertiary/aromatic N) is 2. The van der Waals surface area contributed by atoms with Crippen molar-refractivity contribution >= 4 is 29.9 Å². The van der Waals surface area contributed by atoms with Crippen molar-refractivity contribution in [2.24, 2.45) is 10.6 Å². The van der Waals surface area contributed by atoms with Crippen molar-refractivity contribution in [2.75, 3.05) is 32.1 Å². The number of methoxy groups -OCH3 is 1. The highest BCUT2D eigenvalue weighted by Gasteiger charge is 2.40. The molecule has 0 unspecified atom stereocenters. The summed E-state index contributed by atoms with van der Waals surface area (Å²) in [4.78, 5) is 20.0. The highest BCUT2D eigenvalue weighted by atomic mass is 35.5. The van der Waals surface area contributed by atoms with Gasteiger partial charge in [0.1, 0.15) is 5.75 Å². The van der Waals surface area contributed by atoms with Crippen molar-refractivity contribution in [1.82, 2.24) is 4.90 Å². The van der Waals surface area contributed by atoms with E-state index < -0.39 is 6.09 Å². The molecular weight excluding hydrogens is 438 g/mol. The number of rotatable bonds is 11. The lowest BCUT2D eigenvalue weighted by Crippen LogP contribution is -2.56. The highest BCUT2D eigenvalue weighted by Crippen LogP contribution is 2.39. The molecule has 0 aromatic heterocycles. The summed E-state index contributed by atoms with van der Waals surface area (Å²) in [5.41, 5.74) is 2.86. The second-order valence-electron chi connectivity index (χ2n) is 8.60. The molecule has 33 heavy (non-hydrogen) atoms. The Morgan fingerprint density at radius 1 is 1.03 bits per heavy atom. The molecule has 1 N–H and O–H groups in total. The van der Waals surface area contributed by atoms with Gasteiger partial charge in [0.05, 0.1) is 12.8 Å². The third-order valence-corrected chi connectivity index (χ3v) is 6.03. The van der Waals surface area contributed by atoms with Crippen LogP contribution in [0.5, 0.6) is 5.75 Å². The molecule has 1 amide bonds. The van der Waals surface area contributed by atoms with Crippen molar-refractivity contribution in [3.63, 3.8) is 0 Å². The first-order chi connectivity index (χ1) is 15.6. The summed E-state index contributed by atoms with van der Waals surface area (Å²) < 4.78 is 5.13. The third kappa shape index (κ3) is 7.76. The van der Waals surface area contributed by atoms with Crippen LogP contribution in [0.3, 0.4) is 0 Å². The zero-order valence-electron chi connectivity index (χ0n) is 19.9. The number of hydrogen-bond acceptors (Lipinski definition) is 5. The molecule has 2 aromatic rings. The van der Waals surface area contributed by atoms with Gasteiger partial charge in [-0.3, -0.25) is 10.2 Å². The average Bonchev–Trinajstić information content (AvgIpc) is 2.79. The molecule has 180 valence electrons. The molecule has 3 rings (SSSR count). The minimum atomic E-state index is -0.613. The second kappa shape index (κ2) is 13.2. The molecule has 1 saturated heterocycles. The zero-order chi connectivity index (χ0) is 22.8. The number of amides is 1. The average molecular weight is 474 g/mol. The van der Waals surface area contributed by atoms with E-state index in [1.165, 1.54) is 25.7 Å². The number of carbonyl (C=O) groups excluding carboxylic acids is 1. The minimum absolute atomic E-state index is 0. The van der Waals surface area contributed by atoms with Crippen LogP contribution in [-0.2, 0) is 4.84 Å². The van der Waals surface area contributed by atoms with E-state index in [-0.39, 0.29) is 12.4 Å². The Morgan fingerprint density at radius 3 is 2.24 bits per heavy atom. The number of nitrogens with one attached hydrogen (secondary N) is 1. The predicted octanol–water partition coefficient (Wildman–Crippen LogP) is 6.36. The van der Waals surface area contributed by atoms with Crippen molar-refractivity contribution in [3.05, 3.63) is 60.2 Å². The smallest absolute Gasteiger partial charge is 0.437 e. The Labute approximate surface area is 203 Å². The Hall–Kier alpha value is -2.57. The SMILES string of the molecule is CCCC1(CCC)CN(CC/C(=N/OC(=O)Nc2ccc(OC)cc2)c2ccccc2)C1.Cl. The number of oxime groups is 1. The quantitative estimate of drug-likeness (QED) is 0.234. The number of hydrogen-bond donors (Lipinski definition) is 1. The minimum Gasteiger partial charge on any atom is -0.497 e. The lowest BCUT2D eigenvalue weighted by atomic mass is 9.72. The van der Waals surface area contributed by atoms with Crippen LogP contribution in [0.4, 0.5) is 10.5 Å². The van der Waals surface area contributed by atoms with Crippen LogP contribution < -0.4 is 10.1 Å². The summed E-state index contributed by atoms with van der Waals surface area (Å²) in [6.07, 6.45) is 5.19. The Kier molecular flexibility index (Phi) is 10.7. The first-order valence-corrected chi connectivity index (χ1v) is 11.5. The van der Waals surface area contributed by atoms with Crippen LogP contribution in [-0.4, -0.2) is 43.4 Å². The predicted molar refractivity (Wildman–Crippen MR) is 137 cm³/mol. The largest absolute Gasteiger partial charge is 0.497 e. The standard InChI is InChI=1S/C26H35N3O3.ClH/c1-4-16-26(17-5-2)19-29(20-26)18-15-24(21-9-7-6-8-10-21)28-32-25(30)27-22-11-13-23(31-3)14-12-22;/h6-14H,4-5,15-20H2,1-3H3,(H,27,30);1H/b28-24-;. The van der Waals surface area contributed by atoms with Gasteiger partial charge in [-0.25, -0.2) is 4.79 Å². The summed E-state index contributed by atoms with van der Waals surface area (Å²) in [5, 5.41) is 6.91. The van der Waals surface area contributed by atoms with Gasteiger partial charge in [-0.2, -0.15) is 0 Å². The molecule has 0 aliphatic carbocycles. The van der Waals surface area contributed by atoms with Gasteiger partial charge < -0.3 is 9.64 Å². The maximum absolute atomic E-state index is 12.3. The van der Waals surface area contributed by atoms with Crippen LogP contribution in [0.25, 0.3) is 0 Å². The lowest BCUT2D eigenvalue weighted by molar-refractivity contribution is -0.0123. The molecule has 0 saturated carbocycles. The van der Waals surface area contributed by atoms with Crippen LogP contribution in [0.1, 0.15) is 51.5 Å². The first kappa shape index (κ1) is 26.7. The van der Waals surface area contributed by atoms with Crippen molar-refractivity contribution < 1.29 is 14.4 Å². The fourth-order valence-electron chi connectivity index (χ4n) is 4.61. The molecule has 0 atom stereocenters. The van der Waals surface area contributed by atoms with Crippen LogP contribution in [0.15, 0.2) is 59.8 Å². The molecule has 6 nitrogen and oxygen atoms in total. The first-order valence-electron chi connectivity index (χ1n) is 11.5. The number of halogens is 1. The molecule has 2 aromatic carbocycles. The topological polar surface area (TPSA) is 63.2 Å². The number of likely N-dealkylation sites (tertiary alicyclic amines) is 1. The van der Waals surface area contributed by atoms with E-state index in [1.54, 1.807) is 31.4 Å². The van der Waals surface area contributed by atoms with E-state index in [1.807, 2.05) is 30.3 Å². The molecule has 0 radical (unpaired) electrons. The molecule has 0 bridgehead atoms. The zero-order valence-corrected chi connectivity index (χ0v) is 20.7. The molecule has 1 aliphatic rings. The van der Waals surface area contributed by atoms with E-state index in [4.69, 9.17) is 9.57 Å². The Balaban J connectivity index is 0.00000385. The summed E-state index contributed by atoms with van der Waals surface area (Å²) in [7, 11) is 1.60. The van der Waals surface area contributed by atoms with Crippen LogP contribution >= 0.6 is 12.4 Å². The number of anilines is 1. The van der Waals surface area contributed by atoms with Gasteiger partial charge in [-0.1, -0.05) is 62.2 Å². The van der Waals surface area contributed by atoms with Gasteiger partial charge in [0.2, 0.25) is 0 Å². The normalized spacial score (nSPS) is 15.2. The van der Waals surface area contributed by atoms with E-state index >= 15 is 0 Å². The van der Waals surface area contributed by atoms with Gasteiger partial charge in [0, 0.05) is 31.7 Å². The van der Waals surface area contributed by atoms with E-state index in [2.05, 4.69) is 29.2 Å². The maximum Gasteiger partial charge on any atom is 0.437 e. The monoisotopic (exact) mass is 473 g/mol. The number of benzene rings is 2. The molecule has 1 fully saturated rings. The second-order valence-corrected chi connectivity index (χ2v) is 8.60. The lowest BCUT2D eigenvalue weighted by Gasteiger charge is -2.51. The molecule has 0 spiro atoms. The molecular formula is C26H36ClN3O3. The van der Waals surface area contributed by atoms with Gasteiger partial charge in [0.15, 0.2) is 0 Å². The van der Waals surface area contributed by atoms with Crippen molar-refractivity contribution in [1.29, 1.82) is 0 Å². The van der Waals surface area contributed by atoms with Gasteiger partial charge in [-0.15, -0.1) is 12.4 Å². The Morgan fingerprint density at radius 2 is 1.67 bits per heavy atom.